The Labute approximate surface area is 77.2 Å². The molecule has 72 valence electrons. The summed E-state index contributed by atoms with van der Waals surface area (Å²) in [5.41, 5.74) is 0.500. The molecule has 0 aliphatic heterocycles. The molecule has 0 aliphatic rings. The van der Waals surface area contributed by atoms with Crippen molar-refractivity contribution in [3.63, 3.8) is 0 Å². The number of nitrogens with zero attached hydrogens (tertiary/aromatic N) is 1. The summed E-state index contributed by atoms with van der Waals surface area (Å²) in [6.07, 6.45) is -0.754. The lowest BCUT2D eigenvalue weighted by Crippen LogP contribution is -2.30. The van der Waals surface area contributed by atoms with Crippen LogP contribution in [0.1, 0.15) is 11.7 Å². The molecule has 0 aromatic heterocycles. The van der Waals surface area contributed by atoms with Crippen molar-refractivity contribution in [3.8, 4) is 5.75 Å². The average molecular weight is 182 g/mol. The highest BCUT2D eigenvalue weighted by atomic mass is 16.3. The highest BCUT2D eigenvalue weighted by Gasteiger charge is 2.11. The Balaban J connectivity index is 2.76. The van der Waals surface area contributed by atoms with Crippen LogP contribution in [0.25, 0.3) is 0 Å². The van der Waals surface area contributed by atoms with Crippen molar-refractivity contribution < 1.29 is 10.2 Å². The number of likely N-dealkylation sites (N-methyl/N-ethyl adjacent to an activating group) is 1. The molecular formula is C9H14N2O2. The average Bonchev–Trinajstić information content (AvgIpc) is 2.03. The molecule has 4 heteroatoms. The van der Waals surface area contributed by atoms with Gasteiger partial charge in [0.05, 0.1) is 6.10 Å². The first-order valence-electron chi connectivity index (χ1n) is 4.03. The van der Waals surface area contributed by atoms with Crippen LogP contribution < -0.4 is 5.84 Å². The molecule has 0 radical (unpaired) electrons. The lowest BCUT2D eigenvalue weighted by Gasteiger charge is -2.16. The first-order valence-corrected chi connectivity index (χ1v) is 4.03. The van der Waals surface area contributed by atoms with Crippen LogP contribution in [0.15, 0.2) is 24.3 Å². The fraction of sp³-hybridized carbons (Fsp3) is 0.333. The Morgan fingerprint density at radius 2 is 2.08 bits per heavy atom. The number of hydrazine groups is 1. The fourth-order valence-electron chi connectivity index (χ4n) is 1.14. The molecule has 0 heterocycles. The third-order valence-corrected chi connectivity index (χ3v) is 1.76. The summed E-state index contributed by atoms with van der Waals surface area (Å²) < 4.78 is 0. The van der Waals surface area contributed by atoms with Crippen LogP contribution >= 0.6 is 0 Å². The first kappa shape index (κ1) is 9.98. The lowest BCUT2D eigenvalue weighted by atomic mass is 10.1. The van der Waals surface area contributed by atoms with Crippen molar-refractivity contribution in [2.24, 2.45) is 5.84 Å². The molecule has 0 fully saturated rings. The number of aliphatic hydroxyl groups excluding tert-OH is 1. The van der Waals surface area contributed by atoms with Crippen molar-refractivity contribution in [2.75, 3.05) is 13.6 Å². The van der Waals surface area contributed by atoms with E-state index in [0.717, 1.165) is 0 Å². The lowest BCUT2D eigenvalue weighted by molar-refractivity contribution is 0.125. The number of benzene rings is 1. The minimum absolute atomic E-state index is 0.0943. The van der Waals surface area contributed by atoms with E-state index in [9.17, 15) is 10.2 Å². The van der Waals surface area contributed by atoms with Crippen LogP contribution in [0.2, 0.25) is 0 Å². The monoisotopic (exact) mass is 182 g/mol. The SMILES string of the molecule is CN(N)CC(O)c1ccccc1O. The van der Waals surface area contributed by atoms with Gasteiger partial charge in [-0.2, -0.15) is 0 Å². The van der Waals surface area contributed by atoms with E-state index in [-0.39, 0.29) is 12.3 Å². The minimum Gasteiger partial charge on any atom is -0.508 e. The Hall–Kier alpha value is -1.10. The predicted octanol–water partition coefficient (Wildman–Crippen LogP) is 0.231. The highest BCUT2D eigenvalue weighted by molar-refractivity contribution is 5.33. The molecule has 4 N–H and O–H groups in total. The van der Waals surface area contributed by atoms with Gasteiger partial charge in [-0.05, 0) is 6.07 Å². The van der Waals surface area contributed by atoms with Gasteiger partial charge in [-0.1, -0.05) is 18.2 Å². The Kier molecular flexibility index (Phi) is 3.25. The van der Waals surface area contributed by atoms with E-state index in [2.05, 4.69) is 0 Å². The third kappa shape index (κ3) is 2.69. The van der Waals surface area contributed by atoms with Crippen LogP contribution in [0, 0.1) is 0 Å². The van der Waals surface area contributed by atoms with Crippen LogP contribution in [-0.2, 0) is 0 Å². The standard InChI is InChI=1S/C9H14N2O2/c1-11(10)6-9(13)7-4-2-3-5-8(7)12/h2-5,9,12-13H,6,10H2,1H3. The number of aromatic hydroxyl groups is 1. The maximum Gasteiger partial charge on any atom is 0.121 e. The maximum absolute atomic E-state index is 9.59. The number of phenolic OH excluding ortho intramolecular Hbond substituents is 1. The van der Waals surface area contributed by atoms with E-state index < -0.39 is 6.10 Å². The zero-order valence-electron chi connectivity index (χ0n) is 7.51. The van der Waals surface area contributed by atoms with Gasteiger partial charge in [0, 0.05) is 19.2 Å². The van der Waals surface area contributed by atoms with E-state index in [1.54, 1.807) is 25.2 Å². The molecule has 1 rings (SSSR count). The van der Waals surface area contributed by atoms with Crippen molar-refractivity contribution in [3.05, 3.63) is 29.8 Å². The second-order valence-electron chi connectivity index (χ2n) is 3.01. The molecule has 1 aromatic rings. The summed E-state index contributed by atoms with van der Waals surface area (Å²) in [7, 11) is 1.66. The van der Waals surface area contributed by atoms with E-state index in [1.807, 2.05) is 0 Å². The van der Waals surface area contributed by atoms with Crippen LogP contribution in [0.5, 0.6) is 5.75 Å². The predicted molar refractivity (Wildman–Crippen MR) is 49.9 cm³/mol. The summed E-state index contributed by atoms with van der Waals surface area (Å²) in [5, 5.41) is 20.3. The van der Waals surface area contributed by atoms with Crippen LogP contribution in [0.3, 0.4) is 0 Å². The second-order valence-corrected chi connectivity index (χ2v) is 3.01. The molecule has 0 spiro atoms. The number of phenols is 1. The number of aliphatic hydroxyl groups is 1. The van der Waals surface area contributed by atoms with Crippen molar-refractivity contribution in [2.45, 2.75) is 6.10 Å². The van der Waals surface area contributed by atoms with Crippen molar-refractivity contribution >= 4 is 0 Å². The quantitative estimate of drug-likeness (QED) is 0.462. The Morgan fingerprint density at radius 3 is 2.62 bits per heavy atom. The van der Waals surface area contributed by atoms with Crippen molar-refractivity contribution in [1.29, 1.82) is 0 Å². The van der Waals surface area contributed by atoms with E-state index in [1.165, 1.54) is 11.1 Å². The Morgan fingerprint density at radius 1 is 1.46 bits per heavy atom. The summed E-state index contributed by atoms with van der Waals surface area (Å²) in [4.78, 5) is 0. The number of hydrogen-bond donors (Lipinski definition) is 3. The molecule has 0 amide bonds. The largest absolute Gasteiger partial charge is 0.508 e. The van der Waals surface area contributed by atoms with Gasteiger partial charge in [-0.15, -0.1) is 0 Å². The fourth-order valence-corrected chi connectivity index (χ4v) is 1.14. The maximum atomic E-state index is 9.59. The minimum atomic E-state index is -0.754. The van der Waals surface area contributed by atoms with Gasteiger partial charge in [0.15, 0.2) is 0 Å². The molecule has 0 saturated carbocycles. The summed E-state index contributed by atoms with van der Waals surface area (Å²) >= 11 is 0. The molecule has 13 heavy (non-hydrogen) atoms. The van der Waals surface area contributed by atoms with Crippen LogP contribution in [0.4, 0.5) is 0 Å². The highest BCUT2D eigenvalue weighted by Crippen LogP contribution is 2.23. The second kappa shape index (κ2) is 4.23. The van der Waals surface area contributed by atoms with Gasteiger partial charge in [0.2, 0.25) is 0 Å². The van der Waals surface area contributed by atoms with Crippen molar-refractivity contribution in [1.82, 2.24) is 5.01 Å². The Bertz CT molecular complexity index is 276. The molecule has 4 nitrogen and oxygen atoms in total. The molecule has 0 saturated heterocycles. The zero-order valence-corrected chi connectivity index (χ0v) is 7.51. The molecule has 1 atom stereocenters. The van der Waals surface area contributed by atoms with Gasteiger partial charge in [0.25, 0.3) is 0 Å². The summed E-state index contributed by atoms with van der Waals surface area (Å²) in [6, 6.07) is 6.67. The van der Waals surface area contributed by atoms with Crippen LogP contribution in [-0.4, -0.2) is 28.8 Å². The number of para-hydroxylation sites is 1. The smallest absolute Gasteiger partial charge is 0.121 e. The van der Waals surface area contributed by atoms with E-state index in [0.29, 0.717) is 5.56 Å². The van der Waals surface area contributed by atoms with E-state index >= 15 is 0 Å². The molecule has 1 aromatic carbocycles. The number of nitrogens with two attached hydrogens (primary N) is 1. The topological polar surface area (TPSA) is 69.7 Å². The molecule has 0 aliphatic carbocycles. The normalized spacial score (nSPS) is 13.2. The summed E-state index contributed by atoms with van der Waals surface area (Å²) in [5.74, 6) is 5.47. The number of rotatable bonds is 3. The number of hydrogen-bond acceptors (Lipinski definition) is 4. The van der Waals surface area contributed by atoms with E-state index in [4.69, 9.17) is 5.84 Å². The van der Waals surface area contributed by atoms with Gasteiger partial charge >= 0.3 is 0 Å². The van der Waals surface area contributed by atoms with Gasteiger partial charge < -0.3 is 10.2 Å². The summed E-state index contributed by atoms with van der Waals surface area (Å²) in [6.45, 7) is 0.289. The van der Waals surface area contributed by atoms with Gasteiger partial charge in [0.1, 0.15) is 5.75 Å². The molecule has 0 bridgehead atoms. The van der Waals surface area contributed by atoms with Gasteiger partial charge in [-0.25, -0.2) is 5.01 Å². The molecular weight excluding hydrogens is 168 g/mol. The first-order chi connectivity index (χ1) is 6.11. The molecule has 1 unspecified atom stereocenters. The van der Waals surface area contributed by atoms with Gasteiger partial charge in [-0.3, -0.25) is 5.84 Å². The third-order valence-electron chi connectivity index (χ3n) is 1.76. The zero-order chi connectivity index (χ0) is 9.84.